The Balaban J connectivity index is 1.66. The van der Waals surface area contributed by atoms with E-state index in [2.05, 4.69) is 10.2 Å². The Morgan fingerprint density at radius 3 is 2.14 bits per heavy atom. The second-order valence-corrected chi connectivity index (χ2v) is 9.89. The number of nitrogens with one attached hydrogen (secondary N) is 1. The zero-order valence-corrected chi connectivity index (χ0v) is 18.0. The van der Waals surface area contributed by atoms with Crippen LogP contribution in [-0.2, 0) is 14.3 Å². The molecule has 2 unspecified atom stereocenters. The first-order valence-corrected chi connectivity index (χ1v) is 11.1. The first kappa shape index (κ1) is 21.4. The molecule has 2 bridgehead atoms. The van der Waals surface area contributed by atoms with Crippen LogP contribution in [0.3, 0.4) is 0 Å². The lowest BCUT2D eigenvalue weighted by atomic mass is 9.81. The number of carbonyl (C=O) groups is 2. The lowest BCUT2D eigenvalue weighted by molar-refractivity contribution is -0.141. The fraction of sp³-hybridized carbons (Fsp3) is 0.909. The molecule has 2 heterocycles. The van der Waals surface area contributed by atoms with Gasteiger partial charge in [-0.25, -0.2) is 4.79 Å². The predicted molar refractivity (Wildman–Crippen MR) is 108 cm³/mol. The molecular weight excluding hydrogens is 356 g/mol. The van der Waals surface area contributed by atoms with E-state index in [1.54, 1.807) is 0 Å². The topological polar surface area (TPSA) is 67.9 Å². The lowest BCUT2D eigenvalue weighted by Gasteiger charge is -2.46. The van der Waals surface area contributed by atoms with Crippen LogP contribution < -0.4 is 5.32 Å². The summed E-state index contributed by atoms with van der Waals surface area (Å²) in [6, 6.07) is 1.70. The second-order valence-electron chi connectivity index (χ2n) is 9.89. The highest BCUT2D eigenvalue weighted by Crippen LogP contribution is 2.44. The average Bonchev–Trinajstić information content (AvgIpc) is 2.89. The molecule has 0 aromatic rings. The van der Waals surface area contributed by atoms with Gasteiger partial charge in [0.1, 0.15) is 5.60 Å². The normalized spacial score (nSPS) is 29.9. The first-order chi connectivity index (χ1) is 13.3. The van der Waals surface area contributed by atoms with E-state index in [0.29, 0.717) is 18.0 Å². The van der Waals surface area contributed by atoms with Gasteiger partial charge >= 0.3 is 12.1 Å². The molecular formula is C22H38N2O4. The minimum Gasteiger partial charge on any atom is -0.469 e. The zero-order chi connectivity index (χ0) is 20.3. The maximum absolute atomic E-state index is 12.4. The Hall–Kier alpha value is -1.30. The van der Waals surface area contributed by atoms with Gasteiger partial charge in [-0.1, -0.05) is 19.3 Å². The van der Waals surface area contributed by atoms with Gasteiger partial charge in [-0.3, -0.25) is 9.69 Å². The number of hydrogen-bond acceptors (Lipinski definition) is 5. The molecule has 0 radical (unpaired) electrons. The molecule has 6 heteroatoms. The first-order valence-electron chi connectivity index (χ1n) is 11.1. The van der Waals surface area contributed by atoms with Gasteiger partial charge in [0.15, 0.2) is 0 Å². The number of amides is 1. The smallest absolute Gasteiger partial charge is 0.407 e. The van der Waals surface area contributed by atoms with Crippen LogP contribution in [0.4, 0.5) is 4.79 Å². The summed E-state index contributed by atoms with van der Waals surface area (Å²) in [7, 11) is 1.41. The highest BCUT2D eigenvalue weighted by atomic mass is 16.6. The maximum atomic E-state index is 12.4. The molecule has 1 saturated carbocycles. The molecule has 0 aromatic carbocycles. The van der Waals surface area contributed by atoms with Crippen LogP contribution in [0.25, 0.3) is 0 Å². The lowest BCUT2D eigenvalue weighted by Crippen LogP contribution is -2.54. The van der Waals surface area contributed by atoms with Gasteiger partial charge in [0.25, 0.3) is 0 Å². The van der Waals surface area contributed by atoms with Crippen molar-refractivity contribution in [2.45, 2.75) is 115 Å². The Morgan fingerprint density at radius 2 is 1.61 bits per heavy atom. The van der Waals surface area contributed by atoms with Gasteiger partial charge in [0, 0.05) is 24.2 Å². The van der Waals surface area contributed by atoms with Crippen LogP contribution in [0.15, 0.2) is 0 Å². The van der Waals surface area contributed by atoms with Crippen molar-refractivity contribution in [1.82, 2.24) is 10.2 Å². The second kappa shape index (κ2) is 9.02. The SMILES string of the molecule is COC(=O)C[C@@H](NC(=O)OC(C)(C)C)C1CC2CCC(C1)N2C1CCCCC1. The molecule has 1 aliphatic carbocycles. The predicted octanol–water partition coefficient (Wildman–Crippen LogP) is 4.02. The number of ether oxygens (including phenoxy) is 2. The Bertz CT molecular complexity index is 539. The molecule has 0 spiro atoms. The molecule has 2 saturated heterocycles. The van der Waals surface area contributed by atoms with Gasteiger partial charge in [-0.2, -0.15) is 0 Å². The van der Waals surface area contributed by atoms with Gasteiger partial charge in [-0.05, 0) is 65.2 Å². The summed E-state index contributed by atoms with van der Waals surface area (Å²) in [6.45, 7) is 5.56. The number of nitrogens with zero attached hydrogens (tertiary/aromatic N) is 1. The van der Waals surface area contributed by atoms with E-state index in [4.69, 9.17) is 9.47 Å². The fourth-order valence-corrected chi connectivity index (χ4v) is 5.62. The van der Waals surface area contributed by atoms with Crippen LogP contribution >= 0.6 is 0 Å². The molecule has 3 fully saturated rings. The van der Waals surface area contributed by atoms with Gasteiger partial charge in [-0.15, -0.1) is 0 Å². The number of esters is 1. The third-order valence-corrected chi connectivity index (χ3v) is 6.71. The summed E-state index contributed by atoms with van der Waals surface area (Å²) >= 11 is 0. The van der Waals surface area contributed by atoms with Crippen LogP contribution in [0.5, 0.6) is 0 Å². The van der Waals surface area contributed by atoms with Crippen molar-refractivity contribution in [3.8, 4) is 0 Å². The Labute approximate surface area is 169 Å². The number of hydrogen-bond donors (Lipinski definition) is 1. The number of methoxy groups -OCH3 is 1. The fourth-order valence-electron chi connectivity index (χ4n) is 5.62. The number of alkyl carbamates (subject to hydrolysis) is 1. The van der Waals surface area contributed by atoms with Crippen LogP contribution in [0.1, 0.15) is 85.0 Å². The van der Waals surface area contributed by atoms with Crippen molar-refractivity contribution >= 4 is 12.1 Å². The zero-order valence-electron chi connectivity index (χ0n) is 18.0. The number of piperidine rings is 1. The third-order valence-electron chi connectivity index (χ3n) is 6.71. The van der Waals surface area contributed by atoms with Crippen molar-refractivity contribution in [2.24, 2.45) is 5.92 Å². The summed E-state index contributed by atoms with van der Waals surface area (Å²) in [6.07, 6.45) is 11.1. The van der Waals surface area contributed by atoms with E-state index in [9.17, 15) is 9.59 Å². The van der Waals surface area contributed by atoms with Crippen LogP contribution in [0, 0.1) is 5.92 Å². The van der Waals surface area contributed by atoms with Gasteiger partial charge < -0.3 is 14.8 Å². The number of fused-ring (bicyclic) bond motifs is 2. The highest BCUT2D eigenvalue weighted by molar-refractivity contribution is 5.73. The molecule has 1 N–H and O–H groups in total. The van der Waals surface area contributed by atoms with Crippen LogP contribution in [0.2, 0.25) is 0 Å². The molecule has 28 heavy (non-hydrogen) atoms. The van der Waals surface area contributed by atoms with E-state index < -0.39 is 11.7 Å². The Kier molecular flexibility index (Phi) is 6.89. The van der Waals surface area contributed by atoms with E-state index in [0.717, 1.165) is 18.9 Å². The van der Waals surface area contributed by atoms with Gasteiger partial charge in [0.05, 0.1) is 13.5 Å². The molecule has 160 valence electrons. The van der Waals surface area contributed by atoms with Gasteiger partial charge in [0.2, 0.25) is 0 Å². The number of carbonyl (C=O) groups excluding carboxylic acids is 2. The summed E-state index contributed by atoms with van der Waals surface area (Å²) in [5.41, 5.74) is -0.552. The van der Waals surface area contributed by atoms with E-state index >= 15 is 0 Å². The standard InChI is InChI=1S/C22H38N2O4/c1-22(2,3)28-21(26)23-19(14-20(25)27-4)15-12-17-10-11-18(13-15)24(17)16-8-6-5-7-9-16/h15-19H,5-14H2,1-4H3,(H,23,26)/t15?,17?,18?,19-/m1/s1. The molecule has 3 atom stereocenters. The maximum Gasteiger partial charge on any atom is 0.407 e. The van der Waals surface area contributed by atoms with E-state index in [1.807, 2.05) is 20.8 Å². The molecule has 1 amide bonds. The quantitative estimate of drug-likeness (QED) is 0.714. The Morgan fingerprint density at radius 1 is 1.00 bits per heavy atom. The summed E-state index contributed by atoms with van der Waals surface area (Å²) in [4.78, 5) is 27.2. The average molecular weight is 395 g/mol. The minimum absolute atomic E-state index is 0.212. The number of rotatable bonds is 5. The van der Waals surface area contributed by atoms with E-state index in [1.165, 1.54) is 52.1 Å². The molecule has 2 aliphatic heterocycles. The minimum atomic E-state index is -0.552. The molecule has 3 aliphatic rings. The van der Waals surface area contributed by atoms with Crippen LogP contribution in [-0.4, -0.2) is 53.8 Å². The summed E-state index contributed by atoms with van der Waals surface area (Å²) in [5, 5.41) is 2.99. The van der Waals surface area contributed by atoms with Crippen molar-refractivity contribution in [3.63, 3.8) is 0 Å². The van der Waals surface area contributed by atoms with Crippen molar-refractivity contribution in [2.75, 3.05) is 7.11 Å². The van der Waals surface area contributed by atoms with E-state index in [-0.39, 0.29) is 18.4 Å². The van der Waals surface area contributed by atoms with Crippen molar-refractivity contribution in [1.29, 1.82) is 0 Å². The van der Waals surface area contributed by atoms with Crippen molar-refractivity contribution < 1.29 is 19.1 Å². The summed E-state index contributed by atoms with van der Waals surface area (Å²) < 4.78 is 10.3. The third kappa shape index (κ3) is 5.40. The summed E-state index contributed by atoms with van der Waals surface area (Å²) in [5.74, 6) is 0.0204. The van der Waals surface area contributed by atoms with Crippen molar-refractivity contribution in [3.05, 3.63) is 0 Å². The highest BCUT2D eigenvalue weighted by Gasteiger charge is 2.46. The largest absolute Gasteiger partial charge is 0.469 e. The molecule has 6 nitrogen and oxygen atoms in total. The molecule has 0 aromatic heterocycles. The molecule has 3 rings (SSSR count). The monoisotopic (exact) mass is 394 g/mol.